The van der Waals surface area contributed by atoms with Crippen LogP contribution < -0.4 is 5.32 Å². The second-order valence-electron chi connectivity index (χ2n) is 5.25. The van der Waals surface area contributed by atoms with Crippen LogP contribution in [0.25, 0.3) is 0 Å². The number of hydrogen-bond donors (Lipinski definition) is 1. The normalized spacial score (nSPS) is 14.8. The summed E-state index contributed by atoms with van der Waals surface area (Å²) in [6.45, 7) is 8.36. The van der Waals surface area contributed by atoms with Gasteiger partial charge in [-0.25, -0.2) is 0 Å². The largest absolute Gasteiger partial charge is 0.424 e. The Morgan fingerprint density at radius 2 is 2.11 bits per heavy atom. The Morgan fingerprint density at radius 1 is 1.32 bits per heavy atom. The average molecular weight is 279 g/mol. The van der Waals surface area contributed by atoms with E-state index in [9.17, 15) is 0 Å². The molecule has 0 aliphatic carbocycles. The van der Waals surface area contributed by atoms with Gasteiger partial charge in [-0.3, -0.25) is 5.32 Å². The fourth-order valence-electron chi connectivity index (χ4n) is 2.09. The zero-order valence-electron chi connectivity index (χ0n) is 11.9. The summed E-state index contributed by atoms with van der Waals surface area (Å²) in [4.78, 5) is 1.36. The SMILES string of the molecule is Cc1nnc(C(C)NC(CC(C)C)c2cccs2)o1. The summed E-state index contributed by atoms with van der Waals surface area (Å²) in [5, 5.41) is 13.7. The van der Waals surface area contributed by atoms with Gasteiger partial charge >= 0.3 is 0 Å². The van der Waals surface area contributed by atoms with Gasteiger partial charge in [0, 0.05) is 17.8 Å². The van der Waals surface area contributed by atoms with E-state index in [0.29, 0.717) is 23.7 Å². The smallest absolute Gasteiger partial charge is 0.233 e. The van der Waals surface area contributed by atoms with Crippen LogP contribution in [0.15, 0.2) is 21.9 Å². The summed E-state index contributed by atoms with van der Waals surface area (Å²) in [6, 6.07) is 4.67. The van der Waals surface area contributed by atoms with Crippen molar-refractivity contribution < 1.29 is 4.42 Å². The van der Waals surface area contributed by atoms with Crippen LogP contribution in [-0.2, 0) is 0 Å². The van der Waals surface area contributed by atoms with E-state index in [1.54, 1.807) is 11.3 Å². The third-order valence-corrected chi connectivity index (χ3v) is 3.94. The number of aryl methyl sites for hydroxylation is 1. The van der Waals surface area contributed by atoms with Crippen molar-refractivity contribution in [1.29, 1.82) is 0 Å². The van der Waals surface area contributed by atoms with Gasteiger partial charge < -0.3 is 4.42 Å². The highest BCUT2D eigenvalue weighted by molar-refractivity contribution is 7.10. The van der Waals surface area contributed by atoms with Gasteiger partial charge in [0.2, 0.25) is 11.8 Å². The number of rotatable bonds is 6. The van der Waals surface area contributed by atoms with Gasteiger partial charge in [-0.15, -0.1) is 21.5 Å². The summed E-state index contributed by atoms with van der Waals surface area (Å²) < 4.78 is 5.49. The predicted octanol–water partition coefficient (Wildman–Crippen LogP) is 3.88. The molecular formula is C14H21N3OS. The van der Waals surface area contributed by atoms with Crippen LogP contribution in [0.5, 0.6) is 0 Å². The number of nitrogens with zero attached hydrogens (tertiary/aromatic N) is 2. The second-order valence-corrected chi connectivity index (χ2v) is 6.22. The van der Waals surface area contributed by atoms with E-state index in [0.717, 1.165) is 6.42 Å². The molecule has 2 aromatic rings. The number of hydrogen-bond acceptors (Lipinski definition) is 5. The van der Waals surface area contributed by atoms with Crippen molar-refractivity contribution in [3.8, 4) is 0 Å². The third-order valence-electron chi connectivity index (χ3n) is 2.96. The van der Waals surface area contributed by atoms with E-state index in [1.165, 1.54) is 4.88 Å². The maximum absolute atomic E-state index is 5.49. The first-order chi connectivity index (χ1) is 9.06. The van der Waals surface area contributed by atoms with E-state index in [2.05, 4.69) is 53.8 Å². The fraction of sp³-hybridized carbons (Fsp3) is 0.571. The fourth-order valence-corrected chi connectivity index (χ4v) is 2.89. The van der Waals surface area contributed by atoms with E-state index < -0.39 is 0 Å². The van der Waals surface area contributed by atoms with Gasteiger partial charge in [-0.1, -0.05) is 19.9 Å². The van der Waals surface area contributed by atoms with Crippen LogP contribution in [0.2, 0.25) is 0 Å². The topological polar surface area (TPSA) is 51.0 Å². The quantitative estimate of drug-likeness (QED) is 0.872. The monoisotopic (exact) mass is 279 g/mol. The predicted molar refractivity (Wildman–Crippen MR) is 77.1 cm³/mol. The van der Waals surface area contributed by atoms with E-state index in [1.807, 2.05) is 6.92 Å². The molecule has 0 aliphatic rings. The van der Waals surface area contributed by atoms with Gasteiger partial charge in [0.25, 0.3) is 0 Å². The molecule has 0 bridgehead atoms. The summed E-state index contributed by atoms with van der Waals surface area (Å²) in [5.74, 6) is 1.90. The molecular weight excluding hydrogens is 258 g/mol. The van der Waals surface area contributed by atoms with Crippen molar-refractivity contribution in [2.24, 2.45) is 5.92 Å². The first-order valence-corrected chi connectivity index (χ1v) is 7.53. The Bertz CT molecular complexity index is 493. The zero-order valence-corrected chi connectivity index (χ0v) is 12.7. The van der Waals surface area contributed by atoms with E-state index >= 15 is 0 Å². The van der Waals surface area contributed by atoms with Crippen LogP contribution in [0.1, 0.15) is 55.9 Å². The van der Waals surface area contributed by atoms with E-state index in [-0.39, 0.29) is 6.04 Å². The molecule has 2 aromatic heterocycles. The standard InChI is InChI=1S/C14H21N3OS/c1-9(2)8-12(13-6-5-7-19-13)15-10(3)14-17-16-11(4)18-14/h5-7,9-10,12,15H,8H2,1-4H3. The summed E-state index contributed by atoms with van der Waals surface area (Å²) >= 11 is 1.79. The van der Waals surface area contributed by atoms with Gasteiger partial charge in [0.1, 0.15) is 0 Å². The summed E-state index contributed by atoms with van der Waals surface area (Å²) in [7, 11) is 0. The maximum atomic E-state index is 5.49. The molecule has 0 saturated heterocycles. The Morgan fingerprint density at radius 3 is 2.63 bits per heavy atom. The van der Waals surface area contributed by atoms with Crippen molar-refractivity contribution in [2.45, 2.75) is 46.2 Å². The molecule has 0 aliphatic heterocycles. The minimum absolute atomic E-state index is 0.0621. The van der Waals surface area contributed by atoms with Crippen molar-refractivity contribution in [1.82, 2.24) is 15.5 Å². The van der Waals surface area contributed by atoms with Crippen LogP contribution in [-0.4, -0.2) is 10.2 Å². The number of thiophene rings is 1. The van der Waals surface area contributed by atoms with Crippen molar-refractivity contribution >= 4 is 11.3 Å². The molecule has 0 aromatic carbocycles. The van der Waals surface area contributed by atoms with Crippen LogP contribution in [0, 0.1) is 12.8 Å². The zero-order chi connectivity index (χ0) is 13.8. The molecule has 0 saturated carbocycles. The van der Waals surface area contributed by atoms with Crippen molar-refractivity contribution in [3.05, 3.63) is 34.2 Å². The minimum Gasteiger partial charge on any atom is -0.424 e. The Hall–Kier alpha value is -1.20. The molecule has 0 fully saturated rings. The molecule has 5 heteroatoms. The highest BCUT2D eigenvalue weighted by Crippen LogP contribution is 2.28. The molecule has 0 amide bonds. The lowest BCUT2D eigenvalue weighted by molar-refractivity contribution is 0.346. The lowest BCUT2D eigenvalue weighted by atomic mass is 10.0. The number of nitrogens with one attached hydrogen (secondary N) is 1. The lowest BCUT2D eigenvalue weighted by Gasteiger charge is -2.22. The summed E-state index contributed by atoms with van der Waals surface area (Å²) in [5.41, 5.74) is 0. The number of aromatic nitrogens is 2. The van der Waals surface area contributed by atoms with Crippen LogP contribution >= 0.6 is 11.3 Å². The van der Waals surface area contributed by atoms with Gasteiger partial charge in [-0.05, 0) is 30.7 Å². The first-order valence-electron chi connectivity index (χ1n) is 6.65. The molecule has 19 heavy (non-hydrogen) atoms. The van der Waals surface area contributed by atoms with Gasteiger partial charge in [0.15, 0.2) is 0 Å². The first kappa shape index (κ1) is 14.2. The highest BCUT2D eigenvalue weighted by atomic mass is 32.1. The van der Waals surface area contributed by atoms with Crippen LogP contribution in [0.3, 0.4) is 0 Å². The van der Waals surface area contributed by atoms with Crippen LogP contribution in [0.4, 0.5) is 0 Å². The Balaban J connectivity index is 2.07. The second kappa shape index (κ2) is 6.30. The maximum Gasteiger partial charge on any atom is 0.233 e. The molecule has 4 nitrogen and oxygen atoms in total. The third kappa shape index (κ3) is 3.88. The van der Waals surface area contributed by atoms with Crippen molar-refractivity contribution in [2.75, 3.05) is 0 Å². The van der Waals surface area contributed by atoms with Gasteiger partial charge in [-0.2, -0.15) is 0 Å². The Labute approximate surface area is 118 Å². The highest BCUT2D eigenvalue weighted by Gasteiger charge is 2.20. The molecule has 0 spiro atoms. The molecule has 104 valence electrons. The molecule has 2 rings (SSSR count). The Kier molecular flexibility index (Phi) is 4.71. The molecule has 2 atom stereocenters. The molecule has 2 heterocycles. The average Bonchev–Trinajstić information content (AvgIpc) is 2.97. The molecule has 2 unspecified atom stereocenters. The molecule has 0 radical (unpaired) electrons. The lowest BCUT2D eigenvalue weighted by Crippen LogP contribution is -2.25. The summed E-state index contributed by atoms with van der Waals surface area (Å²) in [6.07, 6.45) is 1.10. The van der Waals surface area contributed by atoms with E-state index in [4.69, 9.17) is 4.42 Å². The minimum atomic E-state index is 0.0621. The van der Waals surface area contributed by atoms with Gasteiger partial charge in [0.05, 0.1) is 6.04 Å². The van der Waals surface area contributed by atoms with Crippen molar-refractivity contribution in [3.63, 3.8) is 0 Å². The molecule has 1 N–H and O–H groups in total.